The SMILES string of the molecule is C=C(CCCC([CH2-])O)OCCCCCCCCCCC.C=C(CCCCCC([CH2-])C)OC(CCCCCCCC)CCCCCCCC.C=C(CCCCNCC(O)CCCC(=O)OCCCCCCCCCCC)N[C@H]1COC2C1OC[C@@H]2NC(=O)CCC[CH2-].[Li+]. The van der Waals surface area contributed by atoms with E-state index in [2.05, 4.69) is 91.1 Å². The van der Waals surface area contributed by atoms with Crippen molar-refractivity contribution in [2.24, 2.45) is 5.92 Å². The average molecular weight is 1290 g/mol. The molecule has 2 saturated heterocycles. The quantitative estimate of drug-likeness (QED) is 0.0130. The maximum Gasteiger partial charge on any atom is 1.00 e. The van der Waals surface area contributed by atoms with Crippen molar-refractivity contribution in [3.63, 3.8) is 0 Å². The molecule has 7 atom stereocenters. The number of fused-ring (bicyclic) bond motifs is 1. The number of amides is 1. The first-order valence-corrected chi connectivity index (χ1v) is 38.5. The Kier molecular flexibility index (Phi) is 68.9. The van der Waals surface area contributed by atoms with Crippen molar-refractivity contribution in [3.05, 3.63) is 57.7 Å². The molecule has 2 fully saturated rings. The normalized spacial score (nSPS) is 16.7. The van der Waals surface area contributed by atoms with Crippen molar-refractivity contribution >= 4 is 11.9 Å². The van der Waals surface area contributed by atoms with Gasteiger partial charge in [-0.05, 0) is 90.0 Å². The van der Waals surface area contributed by atoms with Gasteiger partial charge in [-0.3, -0.25) is 9.59 Å². The number of ether oxygens (including phenoxy) is 5. The van der Waals surface area contributed by atoms with Crippen LogP contribution >= 0.6 is 0 Å². The minimum atomic E-state index is -0.458. The number of aliphatic hydroxyl groups is 2. The van der Waals surface area contributed by atoms with Gasteiger partial charge in [0.25, 0.3) is 0 Å². The van der Waals surface area contributed by atoms with Gasteiger partial charge in [-0.15, -0.1) is 0 Å². The van der Waals surface area contributed by atoms with Crippen LogP contribution < -0.4 is 34.8 Å². The monoisotopic (exact) mass is 1290 g/mol. The Morgan fingerprint density at radius 2 is 0.924 bits per heavy atom. The standard InChI is InChI=1S/C34H62N3O6.C27H53O.C18H35O2.Li/c1-4-6-8-9-10-11-12-13-16-23-41-32(40)21-17-19-28(38)24-35-22-15-14-18-27(3)36-29-25-42-34-30(26-43-33(29)34)37-31(39)20-7-5-2;1-6-8-10-12-14-19-23-27(24-20-15-13-11-9-7-2)28-26(5)22-18-16-17-21-25(3)4;1-4-5-6-7-8-9-10-11-12-16-20-18(3)15-13-14-17(2)19;/h28-30,33-36,38H,2-26H2,1H3,(H,37,39);25,27H,3,5-24H2,1-2,4H3;17,19H,2-16H2,1H3;/q3*-1;+1/t28?,29-,30-,33?,34?;;;/m0.../s1. The fraction of sp³-hybridized carbons (Fsp3) is 0.861. The van der Waals surface area contributed by atoms with Crippen LogP contribution in [-0.4, -0.2) is 104 Å². The Hall–Kier alpha value is -2.04. The van der Waals surface area contributed by atoms with Gasteiger partial charge >= 0.3 is 24.8 Å². The Balaban J connectivity index is 0. The smallest absolute Gasteiger partial charge is 0.499 e. The van der Waals surface area contributed by atoms with Gasteiger partial charge in [0.2, 0.25) is 5.91 Å². The average Bonchev–Trinajstić information content (AvgIpc) is 1.66. The minimum Gasteiger partial charge on any atom is -0.499 e. The van der Waals surface area contributed by atoms with Gasteiger partial charge in [-0.25, -0.2) is 0 Å². The van der Waals surface area contributed by atoms with Gasteiger partial charge in [-0.1, -0.05) is 260 Å². The van der Waals surface area contributed by atoms with Gasteiger partial charge in [0, 0.05) is 37.9 Å². The van der Waals surface area contributed by atoms with E-state index in [-0.39, 0.29) is 55.0 Å². The van der Waals surface area contributed by atoms with E-state index >= 15 is 0 Å². The summed E-state index contributed by atoms with van der Waals surface area (Å²) in [4.78, 5) is 24.0. The second kappa shape index (κ2) is 68.9. The number of nitrogens with one attached hydrogen (secondary N) is 3. The molecule has 0 spiro atoms. The molecule has 0 aromatic heterocycles. The third kappa shape index (κ3) is 60.4. The van der Waals surface area contributed by atoms with Crippen LogP contribution in [-0.2, 0) is 33.3 Å². The molecule has 2 aliphatic heterocycles. The van der Waals surface area contributed by atoms with Gasteiger partial charge in [0.1, 0.15) is 12.2 Å². The first-order valence-electron chi connectivity index (χ1n) is 38.5. The molecule has 1 amide bonds. The zero-order valence-electron chi connectivity index (χ0n) is 61.5. The number of hydrogen-bond acceptors (Lipinski definition) is 11. The molecule has 92 heavy (non-hydrogen) atoms. The van der Waals surface area contributed by atoms with Crippen LogP contribution in [0.5, 0.6) is 0 Å². The zero-order valence-corrected chi connectivity index (χ0v) is 61.5. The van der Waals surface area contributed by atoms with Crippen molar-refractivity contribution in [2.45, 2.75) is 392 Å². The van der Waals surface area contributed by atoms with Crippen LogP contribution in [0.4, 0.5) is 0 Å². The summed E-state index contributed by atoms with van der Waals surface area (Å²) in [5.41, 5.74) is 0.963. The summed E-state index contributed by atoms with van der Waals surface area (Å²) in [5, 5.41) is 29.1. The van der Waals surface area contributed by atoms with E-state index in [1.807, 2.05) is 0 Å². The van der Waals surface area contributed by atoms with E-state index in [1.165, 1.54) is 212 Å². The van der Waals surface area contributed by atoms with E-state index in [1.54, 1.807) is 0 Å². The predicted octanol–water partition coefficient (Wildman–Crippen LogP) is 17.3. The van der Waals surface area contributed by atoms with Crippen LogP contribution in [0.1, 0.15) is 349 Å². The molecular weight excluding hydrogens is 1140 g/mol. The Morgan fingerprint density at radius 3 is 1.42 bits per heavy atom. The topological polar surface area (TPSA) is 157 Å². The molecule has 2 heterocycles. The molecule has 0 radical (unpaired) electrons. The minimum absolute atomic E-state index is 0. The molecule has 0 aromatic rings. The molecule has 5 unspecified atom stereocenters. The summed E-state index contributed by atoms with van der Waals surface area (Å²) >= 11 is 0. The number of carbonyl (C=O) groups excluding carboxylic acids is 2. The van der Waals surface area contributed by atoms with Gasteiger partial charge in [0.05, 0.1) is 62.2 Å². The first-order chi connectivity index (χ1) is 44.2. The Bertz CT molecular complexity index is 1640. The third-order valence-corrected chi connectivity index (χ3v) is 17.6. The molecule has 2 rings (SSSR count). The second-order valence-corrected chi connectivity index (χ2v) is 27.2. The number of rotatable bonds is 64. The fourth-order valence-electron chi connectivity index (χ4n) is 11.8. The van der Waals surface area contributed by atoms with Crippen LogP contribution in [0, 0.1) is 26.7 Å². The van der Waals surface area contributed by atoms with E-state index in [0.717, 1.165) is 107 Å². The van der Waals surface area contributed by atoms with Crippen LogP contribution in [0.3, 0.4) is 0 Å². The largest absolute Gasteiger partial charge is 1.00 e. The number of allylic oxidation sites excluding steroid dienone is 3. The van der Waals surface area contributed by atoms with Crippen LogP contribution in [0.15, 0.2) is 37.0 Å². The summed E-state index contributed by atoms with van der Waals surface area (Å²) in [5.74, 6) is 2.34. The predicted molar refractivity (Wildman–Crippen MR) is 387 cm³/mol. The van der Waals surface area contributed by atoms with Crippen molar-refractivity contribution in [1.29, 1.82) is 0 Å². The van der Waals surface area contributed by atoms with Gasteiger partial charge < -0.3 is 70.6 Å². The fourth-order valence-corrected chi connectivity index (χ4v) is 11.8. The number of unbranched alkanes of at least 4 members (excludes halogenated alkanes) is 30. The Labute approximate surface area is 582 Å². The van der Waals surface area contributed by atoms with E-state index < -0.39 is 12.2 Å². The van der Waals surface area contributed by atoms with Crippen LogP contribution in [0.2, 0.25) is 0 Å². The molecule has 0 saturated carbocycles. The van der Waals surface area contributed by atoms with Crippen LogP contribution in [0.25, 0.3) is 0 Å². The Morgan fingerprint density at radius 1 is 0.489 bits per heavy atom. The third-order valence-electron chi connectivity index (χ3n) is 17.6. The molecule has 0 bridgehead atoms. The summed E-state index contributed by atoms with van der Waals surface area (Å²) < 4.78 is 29.2. The summed E-state index contributed by atoms with van der Waals surface area (Å²) in [7, 11) is 0. The molecule has 538 valence electrons. The molecule has 0 aromatic carbocycles. The maximum absolute atomic E-state index is 12.1. The number of esters is 1. The number of carbonyl (C=O) groups is 2. The second-order valence-electron chi connectivity index (χ2n) is 27.2. The molecule has 2 aliphatic rings. The van der Waals surface area contributed by atoms with Gasteiger partial charge in [0.15, 0.2) is 0 Å². The van der Waals surface area contributed by atoms with Crippen molar-refractivity contribution < 1.29 is 62.3 Å². The maximum atomic E-state index is 12.1. The molecular formula is C79H150LiN3O9-2. The molecule has 5 N–H and O–H groups in total. The molecule has 13 heteroatoms. The summed E-state index contributed by atoms with van der Waals surface area (Å²) in [6.45, 7) is 38.7. The van der Waals surface area contributed by atoms with Crippen molar-refractivity contribution in [2.75, 3.05) is 39.5 Å². The summed E-state index contributed by atoms with van der Waals surface area (Å²) in [6, 6.07) is -0.0632. The summed E-state index contributed by atoms with van der Waals surface area (Å²) in [6.07, 6.45) is 56.3. The zero-order chi connectivity index (χ0) is 67.1. The first kappa shape index (κ1) is 92.0. The van der Waals surface area contributed by atoms with Crippen molar-refractivity contribution in [1.82, 2.24) is 16.0 Å². The number of hydrogen-bond donors (Lipinski definition) is 5. The molecule has 0 aliphatic carbocycles. The van der Waals surface area contributed by atoms with Crippen molar-refractivity contribution in [3.8, 4) is 0 Å². The van der Waals surface area contributed by atoms with E-state index in [0.29, 0.717) is 64.1 Å². The number of aliphatic hydroxyl groups excluding tert-OH is 2. The molecule has 12 nitrogen and oxygen atoms in total. The van der Waals surface area contributed by atoms with E-state index in [4.69, 9.17) is 28.8 Å². The van der Waals surface area contributed by atoms with Gasteiger partial charge in [-0.2, -0.15) is 12.3 Å². The van der Waals surface area contributed by atoms with E-state index in [9.17, 15) is 14.7 Å².